The fourth-order valence-electron chi connectivity index (χ4n) is 1.68. The predicted molar refractivity (Wildman–Crippen MR) is 69.4 cm³/mol. The molecule has 0 radical (unpaired) electrons. The maximum absolute atomic E-state index is 11.8. The first kappa shape index (κ1) is 11.4. The average Bonchev–Trinajstić information content (AvgIpc) is 2.51. The molecule has 2 aromatic carbocycles. The Bertz CT molecular complexity index is 571. The second-order valence-electron chi connectivity index (χ2n) is 3.92. The number of methoxy groups -OCH3 is 1. The summed E-state index contributed by atoms with van der Waals surface area (Å²) in [6.07, 6.45) is 0. The molecule has 0 spiro atoms. The van der Waals surface area contributed by atoms with Crippen LogP contribution in [0, 0.1) is 6.92 Å². The molecule has 0 bridgehead atoms. The molecule has 0 aromatic heterocycles. The smallest absolute Gasteiger partial charge is 0.220 e. The third kappa shape index (κ3) is 2.53. The van der Waals surface area contributed by atoms with Crippen molar-refractivity contribution in [3.8, 4) is 16.9 Å². The van der Waals surface area contributed by atoms with Gasteiger partial charge in [0.25, 0.3) is 0 Å². The van der Waals surface area contributed by atoms with Crippen molar-refractivity contribution in [3.05, 3.63) is 64.3 Å². The van der Waals surface area contributed by atoms with Gasteiger partial charge in [0.1, 0.15) is 0 Å². The molecular weight excluding hydrogens is 212 g/mol. The maximum Gasteiger partial charge on any atom is 0.220 e. The summed E-state index contributed by atoms with van der Waals surface area (Å²) in [4.78, 5) is 11.8. The van der Waals surface area contributed by atoms with E-state index in [1.165, 1.54) is 12.7 Å². The van der Waals surface area contributed by atoms with Gasteiger partial charge < -0.3 is 4.74 Å². The first-order valence-electron chi connectivity index (χ1n) is 5.46. The molecule has 0 unspecified atom stereocenters. The zero-order valence-electron chi connectivity index (χ0n) is 9.94. The van der Waals surface area contributed by atoms with Crippen LogP contribution in [0.15, 0.2) is 53.3 Å². The second-order valence-corrected chi connectivity index (χ2v) is 3.92. The van der Waals surface area contributed by atoms with Crippen molar-refractivity contribution in [2.75, 3.05) is 7.11 Å². The Hall–Kier alpha value is -2.09. The van der Waals surface area contributed by atoms with Crippen molar-refractivity contribution in [2.45, 2.75) is 6.92 Å². The largest absolute Gasteiger partial charge is 0.493 e. The molecular formula is C15H14O2. The highest BCUT2D eigenvalue weighted by atomic mass is 16.5. The van der Waals surface area contributed by atoms with Crippen LogP contribution in [0.3, 0.4) is 0 Å². The van der Waals surface area contributed by atoms with E-state index in [9.17, 15) is 4.79 Å². The Morgan fingerprint density at radius 3 is 2.29 bits per heavy atom. The summed E-state index contributed by atoms with van der Waals surface area (Å²) in [5, 5.41) is 0. The Morgan fingerprint density at radius 2 is 1.65 bits per heavy atom. The zero-order valence-corrected chi connectivity index (χ0v) is 9.94. The molecule has 17 heavy (non-hydrogen) atoms. The third-order valence-corrected chi connectivity index (χ3v) is 2.66. The van der Waals surface area contributed by atoms with E-state index >= 15 is 0 Å². The Labute approximate surface area is 101 Å². The lowest BCUT2D eigenvalue weighted by molar-refractivity contribution is 0.411. The molecule has 0 atom stereocenters. The van der Waals surface area contributed by atoms with Crippen LogP contribution >= 0.6 is 0 Å². The van der Waals surface area contributed by atoms with Crippen LogP contribution in [-0.4, -0.2) is 7.11 Å². The molecule has 0 fully saturated rings. The summed E-state index contributed by atoms with van der Waals surface area (Å²) in [5.74, 6) is 0.364. The highest BCUT2D eigenvalue weighted by Crippen LogP contribution is 2.18. The Morgan fingerprint density at radius 1 is 0.941 bits per heavy atom. The first-order chi connectivity index (χ1) is 8.20. The summed E-state index contributed by atoms with van der Waals surface area (Å²) in [6, 6.07) is 15.1. The topological polar surface area (TPSA) is 26.3 Å². The molecule has 0 saturated carbocycles. The van der Waals surface area contributed by atoms with E-state index < -0.39 is 0 Å². The molecule has 0 amide bonds. The van der Waals surface area contributed by atoms with Crippen molar-refractivity contribution in [3.63, 3.8) is 0 Å². The van der Waals surface area contributed by atoms with Gasteiger partial charge in [0.15, 0.2) is 5.75 Å². The zero-order chi connectivity index (χ0) is 12.3. The van der Waals surface area contributed by atoms with Crippen molar-refractivity contribution < 1.29 is 4.74 Å². The molecule has 0 aliphatic rings. The van der Waals surface area contributed by atoms with E-state index in [1.54, 1.807) is 12.1 Å². The Kier molecular flexibility index (Phi) is 3.24. The van der Waals surface area contributed by atoms with Crippen molar-refractivity contribution in [1.82, 2.24) is 0 Å². The molecule has 2 heteroatoms. The average molecular weight is 226 g/mol. The van der Waals surface area contributed by atoms with Gasteiger partial charge in [-0.25, -0.2) is 0 Å². The normalized spacial score (nSPS) is 10.0. The van der Waals surface area contributed by atoms with Crippen LogP contribution in [0.5, 0.6) is 5.75 Å². The molecule has 2 rings (SSSR count). The van der Waals surface area contributed by atoms with Gasteiger partial charge >= 0.3 is 0 Å². The molecule has 0 saturated heterocycles. The number of rotatable bonds is 2. The highest BCUT2D eigenvalue weighted by molar-refractivity contribution is 5.63. The van der Waals surface area contributed by atoms with Crippen molar-refractivity contribution in [2.24, 2.45) is 0 Å². The minimum absolute atomic E-state index is 0.104. The minimum Gasteiger partial charge on any atom is -0.493 e. The summed E-state index contributed by atoms with van der Waals surface area (Å²) in [5.41, 5.74) is 3.03. The number of ether oxygens (including phenoxy) is 1. The van der Waals surface area contributed by atoms with Gasteiger partial charge in [0, 0.05) is 0 Å². The minimum atomic E-state index is -0.104. The molecule has 0 aliphatic heterocycles. The number of benzene rings is 1. The lowest BCUT2D eigenvalue weighted by Gasteiger charge is -1.98. The standard InChI is InChI=1S/C15H14O2/c1-11-6-8-12(9-7-11)13-4-3-5-15(17-2)14(16)10-13/h3-10H,1-2H3. The van der Waals surface area contributed by atoms with Crippen LogP contribution < -0.4 is 10.2 Å². The molecule has 0 aliphatic carbocycles. The SMILES string of the molecule is COc1cccc(-c2ccc(C)cc2)cc1=O. The summed E-state index contributed by atoms with van der Waals surface area (Å²) < 4.78 is 5.00. The van der Waals surface area contributed by atoms with Crippen LogP contribution in [0.4, 0.5) is 0 Å². The van der Waals surface area contributed by atoms with Crippen LogP contribution in [0.2, 0.25) is 0 Å². The van der Waals surface area contributed by atoms with Crippen LogP contribution in [0.25, 0.3) is 11.1 Å². The predicted octanol–water partition coefficient (Wildman–Crippen LogP) is 3.03. The summed E-state index contributed by atoms with van der Waals surface area (Å²) in [7, 11) is 1.50. The number of hydrogen-bond donors (Lipinski definition) is 0. The number of hydrogen-bond acceptors (Lipinski definition) is 2. The van der Waals surface area contributed by atoms with Gasteiger partial charge in [-0.1, -0.05) is 42.0 Å². The Balaban J connectivity index is 2.54. The van der Waals surface area contributed by atoms with Gasteiger partial charge in [-0.05, 0) is 30.2 Å². The lowest BCUT2D eigenvalue weighted by atomic mass is 10.1. The van der Waals surface area contributed by atoms with E-state index in [0.29, 0.717) is 5.75 Å². The summed E-state index contributed by atoms with van der Waals surface area (Å²) >= 11 is 0. The highest BCUT2D eigenvalue weighted by Gasteiger charge is 2.00. The van der Waals surface area contributed by atoms with Gasteiger partial charge in [0.2, 0.25) is 5.43 Å². The van der Waals surface area contributed by atoms with Gasteiger partial charge in [-0.15, -0.1) is 0 Å². The van der Waals surface area contributed by atoms with Crippen molar-refractivity contribution in [1.29, 1.82) is 0 Å². The van der Waals surface area contributed by atoms with Gasteiger partial charge in [0.05, 0.1) is 7.11 Å². The van der Waals surface area contributed by atoms with Crippen molar-refractivity contribution >= 4 is 0 Å². The quantitative estimate of drug-likeness (QED) is 0.786. The third-order valence-electron chi connectivity index (χ3n) is 2.66. The number of aryl methyl sites for hydroxylation is 1. The molecule has 2 aromatic rings. The second kappa shape index (κ2) is 4.83. The van der Waals surface area contributed by atoms with Gasteiger partial charge in [-0.2, -0.15) is 0 Å². The van der Waals surface area contributed by atoms with Crippen LogP contribution in [-0.2, 0) is 0 Å². The molecule has 0 heterocycles. The first-order valence-corrected chi connectivity index (χ1v) is 5.46. The summed E-state index contributed by atoms with van der Waals surface area (Å²) in [6.45, 7) is 2.04. The molecule has 86 valence electrons. The van der Waals surface area contributed by atoms with E-state index in [4.69, 9.17) is 4.74 Å². The van der Waals surface area contributed by atoms with E-state index in [0.717, 1.165) is 11.1 Å². The van der Waals surface area contributed by atoms with Gasteiger partial charge in [-0.3, -0.25) is 4.79 Å². The monoisotopic (exact) mass is 226 g/mol. The fourth-order valence-corrected chi connectivity index (χ4v) is 1.68. The van der Waals surface area contributed by atoms with E-state index in [2.05, 4.69) is 0 Å². The molecule has 0 N–H and O–H groups in total. The fraction of sp³-hybridized carbons (Fsp3) is 0.133. The lowest BCUT2D eigenvalue weighted by Crippen LogP contribution is -2.00. The molecule has 2 nitrogen and oxygen atoms in total. The maximum atomic E-state index is 11.8. The van der Waals surface area contributed by atoms with Crippen LogP contribution in [0.1, 0.15) is 5.56 Å². The van der Waals surface area contributed by atoms with E-state index in [-0.39, 0.29) is 5.43 Å². The van der Waals surface area contributed by atoms with E-state index in [1.807, 2.05) is 43.3 Å².